The second kappa shape index (κ2) is 9.71. The van der Waals surface area contributed by atoms with Crippen molar-refractivity contribution in [3.63, 3.8) is 0 Å². The van der Waals surface area contributed by atoms with E-state index < -0.39 is 10.2 Å². The van der Waals surface area contributed by atoms with Crippen LogP contribution in [0.4, 0.5) is 5.69 Å². The Morgan fingerprint density at radius 1 is 1.32 bits per heavy atom. The number of halogens is 2. The zero-order valence-corrected chi connectivity index (χ0v) is 19.3. The van der Waals surface area contributed by atoms with Gasteiger partial charge in [-0.3, -0.25) is 20.0 Å². The molecule has 170 valence electrons. The summed E-state index contributed by atoms with van der Waals surface area (Å²) in [7, 11) is 0. The van der Waals surface area contributed by atoms with E-state index in [1.54, 1.807) is 0 Å². The van der Waals surface area contributed by atoms with Crippen LogP contribution in [0.2, 0.25) is 0 Å². The maximum absolute atomic E-state index is 13.1. The van der Waals surface area contributed by atoms with Crippen molar-refractivity contribution in [1.82, 2.24) is 15.2 Å². The van der Waals surface area contributed by atoms with Gasteiger partial charge >= 0.3 is 0 Å². The molecule has 1 aromatic heterocycles. The molecule has 4 atom stereocenters. The fourth-order valence-electron chi connectivity index (χ4n) is 4.40. The molecule has 1 saturated heterocycles. The number of nitrogens with one attached hydrogen (secondary N) is 3. The molecule has 0 spiro atoms. The molecule has 1 aliphatic heterocycles. The lowest BCUT2D eigenvalue weighted by Crippen LogP contribution is -2.48. The van der Waals surface area contributed by atoms with Crippen LogP contribution in [-0.2, 0) is 9.59 Å². The first kappa shape index (κ1) is 23.8. The van der Waals surface area contributed by atoms with Crippen LogP contribution in [-0.4, -0.2) is 63.5 Å². The minimum atomic E-state index is -0.833. The molecule has 2 aliphatic rings. The smallest absolute Gasteiger partial charge is 0.267 e. The van der Waals surface area contributed by atoms with Crippen LogP contribution >= 0.6 is 23.2 Å². The molecule has 1 saturated carbocycles. The summed E-state index contributed by atoms with van der Waals surface area (Å²) < 4.78 is -0.645. The zero-order chi connectivity index (χ0) is 22.8. The summed E-state index contributed by atoms with van der Waals surface area (Å²) in [5.74, 6) is -0.361. The molecule has 0 radical (unpaired) electrons. The van der Waals surface area contributed by atoms with Crippen LogP contribution in [0.3, 0.4) is 0 Å². The third-order valence-corrected chi connectivity index (χ3v) is 7.74. The molecule has 2 heterocycles. The standard InChI is InChI=1S/C21H30Cl2N6O2/c1-3-13-4-5-14(8-27-9-16-12(2)21(16,22)23)29(13)18(30)11-28-17-10-26-7-6-15(17)19(24)20(25)31/h6-7,10,12-14,16,24,27-28H,3-5,8-9,11H2,1-2H3,(H2,25,31). The molecule has 5 N–H and O–H groups in total. The number of carbonyl (C=O) groups is 2. The van der Waals surface area contributed by atoms with Gasteiger partial charge in [0.1, 0.15) is 10.0 Å². The average Bonchev–Trinajstić information content (AvgIpc) is 3.06. The molecule has 2 fully saturated rings. The van der Waals surface area contributed by atoms with Crippen molar-refractivity contribution in [3.05, 3.63) is 24.0 Å². The Kier molecular flexibility index (Phi) is 7.44. The van der Waals surface area contributed by atoms with Gasteiger partial charge in [0.05, 0.1) is 18.4 Å². The van der Waals surface area contributed by atoms with Gasteiger partial charge in [0.2, 0.25) is 5.91 Å². The van der Waals surface area contributed by atoms with Crippen LogP contribution in [0.1, 0.15) is 38.7 Å². The summed E-state index contributed by atoms with van der Waals surface area (Å²) >= 11 is 12.5. The molecule has 0 aromatic carbocycles. The number of carbonyl (C=O) groups excluding carboxylic acids is 2. The number of primary amides is 1. The second-order valence-corrected chi connectivity index (χ2v) is 9.78. The van der Waals surface area contributed by atoms with E-state index in [-0.39, 0.29) is 42.1 Å². The van der Waals surface area contributed by atoms with Crippen LogP contribution < -0.4 is 16.4 Å². The van der Waals surface area contributed by atoms with Crippen LogP contribution in [0, 0.1) is 17.2 Å². The summed E-state index contributed by atoms with van der Waals surface area (Å²) in [6.07, 6.45) is 5.76. The molecule has 4 unspecified atom stereocenters. The largest absolute Gasteiger partial charge is 0.374 e. The van der Waals surface area contributed by atoms with Crippen molar-refractivity contribution in [1.29, 1.82) is 5.41 Å². The molecule has 2 amide bonds. The van der Waals surface area contributed by atoms with Crippen molar-refractivity contribution < 1.29 is 9.59 Å². The fourth-order valence-corrected chi connectivity index (χ4v) is 5.11. The van der Waals surface area contributed by atoms with Gasteiger partial charge in [-0.1, -0.05) is 13.8 Å². The molecular formula is C21H30Cl2N6O2. The number of likely N-dealkylation sites (tertiary alicyclic amines) is 1. The van der Waals surface area contributed by atoms with E-state index in [9.17, 15) is 9.59 Å². The van der Waals surface area contributed by atoms with Gasteiger partial charge in [0.25, 0.3) is 5.91 Å². The van der Waals surface area contributed by atoms with Gasteiger partial charge in [-0.05, 0) is 31.2 Å². The summed E-state index contributed by atoms with van der Waals surface area (Å²) in [6, 6.07) is 1.83. The molecule has 0 bridgehead atoms. The first-order valence-electron chi connectivity index (χ1n) is 10.6. The van der Waals surface area contributed by atoms with E-state index >= 15 is 0 Å². The Hall–Kier alpha value is -1.90. The number of alkyl halides is 2. The van der Waals surface area contributed by atoms with E-state index in [0.29, 0.717) is 17.8 Å². The lowest BCUT2D eigenvalue weighted by Gasteiger charge is -2.30. The normalized spacial score (nSPS) is 26.5. The maximum atomic E-state index is 13.1. The van der Waals surface area contributed by atoms with Crippen molar-refractivity contribution in [3.8, 4) is 0 Å². The summed E-state index contributed by atoms with van der Waals surface area (Å²) in [6.45, 7) is 5.60. The van der Waals surface area contributed by atoms with Gasteiger partial charge in [-0.15, -0.1) is 23.2 Å². The summed E-state index contributed by atoms with van der Waals surface area (Å²) in [5, 5.41) is 14.3. The molecule has 8 nitrogen and oxygen atoms in total. The van der Waals surface area contributed by atoms with E-state index in [0.717, 1.165) is 25.8 Å². The molecule has 10 heteroatoms. The number of rotatable bonds is 10. The predicted octanol–water partition coefficient (Wildman–Crippen LogP) is 2.15. The lowest BCUT2D eigenvalue weighted by atomic mass is 10.1. The number of hydrogen-bond donors (Lipinski definition) is 4. The Labute approximate surface area is 192 Å². The molecule has 1 aliphatic carbocycles. The fraction of sp³-hybridized carbons (Fsp3) is 0.619. The number of pyridine rings is 1. The Bertz CT molecular complexity index is 849. The average molecular weight is 469 g/mol. The first-order chi connectivity index (χ1) is 14.7. The number of aromatic nitrogens is 1. The minimum absolute atomic E-state index is 0.0274. The quantitative estimate of drug-likeness (QED) is 0.309. The van der Waals surface area contributed by atoms with E-state index in [1.807, 2.05) is 11.8 Å². The van der Waals surface area contributed by atoms with Crippen molar-refractivity contribution in [2.24, 2.45) is 17.6 Å². The van der Waals surface area contributed by atoms with Gasteiger partial charge in [-0.2, -0.15) is 0 Å². The van der Waals surface area contributed by atoms with Crippen molar-refractivity contribution >= 4 is 46.4 Å². The Morgan fingerprint density at radius 2 is 2.00 bits per heavy atom. The van der Waals surface area contributed by atoms with Gasteiger partial charge in [0.15, 0.2) is 0 Å². The van der Waals surface area contributed by atoms with Crippen LogP contribution in [0.25, 0.3) is 0 Å². The Balaban J connectivity index is 1.59. The van der Waals surface area contributed by atoms with Crippen LogP contribution in [0.5, 0.6) is 0 Å². The van der Waals surface area contributed by atoms with E-state index in [4.69, 9.17) is 34.3 Å². The third kappa shape index (κ3) is 5.13. The summed E-state index contributed by atoms with van der Waals surface area (Å²) in [5.41, 5.74) is 5.67. The second-order valence-electron chi connectivity index (χ2n) is 8.34. The maximum Gasteiger partial charge on any atom is 0.267 e. The molecular weight excluding hydrogens is 439 g/mol. The number of nitrogens with zero attached hydrogens (tertiary/aromatic N) is 2. The highest BCUT2D eigenvalue weighted by atomic mass is 35.5. The summed E-state index contributed by atoms with van der Waals surface area (Å²) in [4.78, 5) is 30.5. The lowest BCUT2D eigenvalue weighted by molar-refractivity contribution is -0.132. The highest BCUT2D eigenvalue weighted by Crippen LogP contribution is 2.58. The number of amides is 2. The third-order valence-electron chi connectivity index (χ3n) is 6.49. The van der Waals surface area contributed by atoms with Gasteiger partial charge < -0.3 is 21.3 Å². The predicted molar refractivity (Wildman–Crippen MR) is 123 cm³/mol. The van der Waals surface area contributed by atoms with Gasteiger partial charge in [0, 0.05) is 42.9 Å². The SMILES string of the molecule is CCC1CCC(CNCC2C(C)C2(Cl)Cl)N1C(=O)CNc1cnccc1C(=N)C(N)=O. The topological polar surface area (TPSA) is 124 Å². The molecule has 1 aromatic rings. The Morgan fingerprint density at radius 3 is 2.61 bits per heavy atom. The van der Waals surface area contributed by atoms with E-state index in [2.05, 4.69) is 22.5 Å². The minimum Gasteiger partial charge on any atom is -0.374 e. The number of nitrogens with two attached hydrogens (primary N) is 1. The van der Waals surface area contributed by atoms with Crippen LogP contribution in [0.15, 0.2) is 18.5 Å². The van der Waals surface area contributed by atoms with Crippen molar-refractivity contribution in [2.75, 3.05) is 25.0 Å². The van der Waals surface area contributed by atoms with E-state index in [1.165, 1.54) is 18.5 Å². The molecule has 3 rings (SSSR count). The number of hydrogen-bond acceptors (Lipinski definition) is 6. The number of anilines is 1. The highest BCUT2D eigenvalue weighted by molar-refractivity contribution is 6.51. The highest BCUT2D eigenvalue weighted by Gasteiger charge is 2.59. The monoisotopic (exact) mass is 468 g/mol. The first-order valence-corrected chi connectivity index (χ1v) is 11.4. The van der Waals surface area contributed by atoms with Gasteiger partial charge in [-0.25, -0.2) is 0 Å². The zero-order valence-electron chi connectivity index (χ0n) is 17.8. The molecule has 31 heavy (non-hydrogen) atoms. The van der Waals surface area contributed by atoms with Crippen molar-refractivity contribution in [2.45, 2.75) is 49.5 Å².